The van der Waals surface area contributed by atoms with E-state index in [0.29, 0.717) is 17.7 Å². The average Bonchev–Trinajstić information content (AvgIpc) is 2.68. The molecule has 1 saturated heterocycles. The normalized spacial score (nSPS) is 20.3. The molecule has 1 aliphatic rings. The molecule has 0 amide bonds. The molecule has 126 valence electrons. The standard InChI is InChI=1S/C20H22O4/c21-19(16-9-3-1-4-10-16)20(22,17-11-5-2-6-12-17)15-24-18-13-7-8-14-23-18/h1-6,9-12,18,22H,7-8,13-15H2. The van der Waals surface area contributed by atoms with E-state index < -0.39 is 5.60 Å². The monoisotopic (exact) mass is 326 g/mol. The molecule has 1 aliphatic heterocycles. The summed E-state index contributed by atoms with van der Waals surface area (Å²) in [6, 6.07) is 17.7. The summed E-state index contributed by atoms with van der Waals surface area (Å²) in [7, 11) is 0. The van der Waals surface area contributed by atoms with Gasteiger partial charge in [-0.1, -0.05) is 60.7 Å². The third-order valence-electron chi connectivity index (χ3n) is 4.28. The zero-order valence-electron chi connectivity index (χ0n) is 13.6. The smallest absolute Gasteiger partial charge is 0.201 e. The molecule has 2 aromatic rings. The van der Waals surface area contributed by atoms with Gasteiger partial charge < -0.3 is 14.6 Å². The molecular formula is C20H22O4. The molecule has 0 radical (unpaired) electrons. The Morgan fingerprint density at radius 1 is 1.08 bits per heavy atom. The average molecular weight is 326 g/mol. The maximum Gasteiger partial charge on any atom is 0.201 e. The molecule has 0 saturated carbocycles. The fraction of sp³-hybridized carbons (Fsp3) is 0.350. The number of aliphatic hydroxyl groups is 1. The summed E-state index contributed by atoms with van der Waals surface area (Å²) >= 11 is 0. The van der Waals surface area contributed by atoms with Crippen molar-refractivity contribution < 1.29 is 19.4 Å². The first-order valence-electron chi connectivity index (χ1n) is 8.31. The molecule has 3 rings (SSSR count). The van der Waals surface area contributed by atoms with Crippen LogP contribution in [0.4, 0.5) is 0 Å². The summed E-state index contributed by atoms with van der Waals surface area (Å²) in [5.74, 6) is -0.370. The molecule has 2 unspecified atom stereocenters. The molecule has 0 spiro atoms. The Hall–Kier alpha value is -2.01. The molecule has 4 nitrogen and oxygen atoms in total. The van der Waals surface area contributed by atoms with Crippen LogP contribution in [-0.4, -0.2) is 30.4 Å². The SMILES string of the molecule is O=C(c1ccccc1)C(O)(COC1CCCCO1)c1ccccc1. The van der Waals surface area contributed by atoms with E-state index in [2.05, 4.69) is 0 Å². The van der Waals surface area contributed by atoms with Gasteiger partial charge in [0.2, 0.25) is 5.78 Å². The third-order valence-corrected chi connectivity index (χ3v) is 4.28. The van der Waals surface area contributed by atoms with Crippen molar-refractivity contribution in [3.8, 4) is 0 Å². The number of ketones is 1. The topological polar surface area (TPSA) is 55.8 Å². The molecule has 1 heterocycles. The van der Waals surface area contributed by atoms with Crippen LogP contribution in [0.2, 0.25) is 0 Å². The Bertz CT molecular complexity index is 650. The molecule has 2 atom stereocenters. The van der Waals surface area contributed by atoms with Crippen LogP contribution in [0.15, 0.2) is 60.7 Å². The number of hydrogen-bond acceptors (Lipinski definition) is 4. The number of hydrogen-bond donors (Lipinski definition) is 1. The summed E-state index contributed by atoms with van der Waals surface area (Å²) in [5.41, 5.74) is -0.754. The molecule has 1 N–H and O–H groups in total. The predicted octanol–water partition coefficient (Wildman–Crippen LogP) is 3.30. The second-order valence-corrected chi connectivity index (χ2v) is 6.03. The van der Waals surface area contributed by atoms with E-state index in [1.165, 1.54) is 0 Å². The Labute approximate surface area is 142 Å². The molecule has 2 aromatic carbocycles. The largest absolute Gasteiger partial charge is 0.375 e. The van der Waals surface area contributed by atoms with Crippen LogP contribution in [0.3, 0.4) is 0 Å². The lowest BCUT2D eigenvalue weighted by Gasteiger charge is -2.30. The molecule has 4 heteroatoms. The van der Waals surface area contributed by atoms with Crippen molar-refractivity contribution in [3.05, 3.63) is 71.8 Å². The van der Waals surface area contributed by atoms with Crippen LogP contribution in [-0.2, 0) is 15.1 Å². The van der Waals surface area contributed by atoms with Crippen molar-refractivity contribution in [2.75, 3.05) is 13.2 Å². The van der Waals surface area contributed by atoms with Crippen LogP contribution in [0.1, 0.15) is 35.2 Å². The van der Waals surface area contributed by atoms with Gasteiger partial charge in [0.1, 0.15) is 0 Å². The van der Waals surface area contributed by atoms with E-state index in [4.69, 9.17) is 9.47 Å². The van der Waals surface area contributed by atoms with Crippen molar-refractivity contribution >= 4 is 5.78 Å². The first kappa shape index (κ1) is 16.8. The van der Waals surface area contributed by atoms with Crippen LogP contribution < -0.4 is 0 Å². The van der Waals surface area contributed by atoms with Crippen LogP contribution in [0.25, 0.3) is 0 Å². The van der Waals surface area contributed by atoms with Gasteiger partial charge in [-0.15, -0.1) is 0 Å². The first-order chi connectivity index (χ1) is 11.7. The predicted molar refractivity (Wildman–Crippen MR) is 90.7 cm³/mol. The summed E-state index contributed by atoms with van der Waals surface area (Å²) < 4.78 is 11.3. The second kappa shape index (κ2) is 7.71. The minimum absolute atomic E-state index is 0.130. The van der Waals surface area contributed by atoms with Crippen molar-refractivity contribution in [3.63, 3.8) is 0 Å². The van der Waals surface area contributed by atoms with Gasteiger partial charge in [-0.25, -0.2) is 0 Å². The highest BCUT2D eigenvalue weighted by Crippen LogP contribution is 2.28. The Morgan fingerprint density at radius 2 is 1.75 bits per heavy atom. The maximum absolute atomic E-state index is 13.0. The number of carbonyl (C=O) groups is 1. The number of carbonyl (C=O) groups excluding carboxylic acids is 1. The van der Waals surface area contributed by atoms with E-state index in [-0.39, 0.29) is 18.7 Å². The summed E-state index contributed by atoms with van der Waals surface area (Å²) in [5, 5.41) is 11.2. The molecule has 0 aromatic heterocycles. The number of ether oxygens (including phenoxy) is 2. The van der Waals surface area contributed by atoms with Crippen LogP contribution in [0.5, 0.6) is 0 Å². The van der Waals surface area contributed by atoms with E-state index in [9.17, 15) is 9.90 Å². The molecule has 0 aliphatic carbocycles. The highest BCUT2D eigenvalue weighted by molar-refractivity contribution is 6.03. The summed E-state index contributed by atoms with van der Waals surface area (Å²) in [4.78, 5) is 13.0. The van der Waals surface area contributed by atoms with Gasteiger partial charge in [-0.3, -0.25) is 4.79 Å². The van der Waals surface area contributed by atoms with E-state index in [0.717, 1.165) is 19.3 Å². The van der Waals surface area contributed by atoms with E-state index in [1.807, 2.05) is 12.1 Å². The summed E-state index contributed by atoms with van der Waals surface area (Å²) in [6.07, 6.45) is 2.47. The van der Waals surface area contributed by atoms with Gasteiger partial charge in [0.05, 0.1) is 6.61 Å². The van der Waals surface area contributed by atoms with Gasteiger partial charge in [0.15, 0.2) is 11.9 Å². The van der Waals surface area contributed by atoms with Crippen LogP contribution >= 0.6 is 0 Å². The van der Waals surface area contributed by atoms with Crippen molar-refractivity contribution in [1.82, 2.24) is 0 Å². The highest BCUT2D eigenvalue weighted by Gasteiger charge is 2.39. The van der Waals surface area contributed by atoms with Gasteiger partial charge in [0.25, 0.3) is 0 Å². The van der Waals surface area contributed by atoms with Gasteiger partial charge in [0, 0.05) is 12.2 Å². The number of Topliss-reactive ketones (excluding diaryl/α,β-unsaturated/α-hetero) is 1. The lowest BCUT2D eigenvalue weighted by atomic mass is 9.86. The minimum Gasteiger partial charge on any atom is -0.375 e. The van der Waals surface area contributed by atoms with Crippen molar-refractivity contribution in [2.24, 2.45) is 0 Å². The van der Waals surface area contributed by atoms with Gasteiger partial charge in [-0.05, 0) is 24.8 Å². The fourth-order valence-electron chi connectivity index (χ4n) is 2.88. The molecular weight excluding hydrogens is 304 g/mol. The fourth-order valence-corrected chi connectivity index (χ4v) is 2.88. The Morgan fingerprint density at radius 3 is 2.38 bits per heavy atom. The number of rotatable bonds is 6. The number of benzene rings is 2. The molecule has 0 bridgehead atoms. The quantitative estimate of drug-likeness (QED) is 0.828. The minimum atomic E-state index is -1.73. The van der Waals surface area contributed by atoms with Crippen molar-refractivity contribution in [2.45, 2.75) is 31.2 Å². The maximum atomic E-state index is 13.0. The van der Waals surface area contributed by atoms with Crippen molar-refractivity contribution in [1.29, 1.82) is 0 Å². The Kier molecular flexibility index (Phi) is 5.41. The first-order valence-corrected chi connectivity index (χ1v) is 8.31. The lowest BCUT2D eigenvalue weighted by Crippen LogP contribution is -2.42. The lowest BCUT2D eigenvalue weighted by molar-refractivity contribution is -0.185. The second-order valence-electron chi connectivity index (χ2n) is 6.03. The zero-order valence-corrected chi connectivity index (χ0v) is 13.6. The zero-order chi connectivity index (χ0) is 16.8. The van der Waals surface area contributed by atoms with Gasteiger partial charge in [-0.2, -0.15) is 0 Å². The van der Waals surface area contributed by atoms with Crippen LogP contribution in [0, 0.1) is 0 Å². The van der Waals surface area contributed by atoms with Gasteiger partial charge >= 0.3 is 0 Å². The Balaban J connectivity index is 1.84. The van der Waals surface area contributed by atoms with E-state index in [1.54, 1.807) is 48.5 Å². The third kappa shape index (κ3) is 3.73. The summed E-state index contributed by atoms with van der Waals surface area (Å²) in [6.45, 7) is 0.524. The molecule has 24 heavy (non-hydrogen) atoms. The highest BCUT2D eigenvalue weighted by atomic mass is 16.7. The van der Waals surface area contributed by atoms with E-state index >= 15 is 0 Å². The molecule has 1 fully saturated rings.